The van der Waals surface area contributed by atoms with E-state index in [1.54, 1.807) is 0 Å². The van der Waals surface area contributed by atoms with Crippen molar-refractivity contribution in [2.45, 2.75) is 33.1 Å². The molecule has 1 saturated heterocycles. The summed E-state index contributed by atoms with van der Waals surface area (Å²) in [5.74, 6) is 1.00. The lowest BCUT2D eigenvalue weighted by atomic mass is 9.96. The molecule has 0 aliphatic carbocycles. The van der Waals surface area contributed by atoms with Crippen molar-refractivity contribution in [2.24, 2.45) is 5.92 Å². The maximum atomic E-state index is 12.3. The molecule has 1 amide bonds. The number of carbonyl (C=O) groups is 1. The van der Waals surface area contributed by atoms with Crippen molar-refractivity contribution in [2.75, 3.05) is 26.7 Å². The highest BCUT2D eigenvalue weighted by molar-refractivity contribution is 5.79. The summed E-state index contributed by atoms with van der Waals surface area (Å²) in [5, 5.41) is 3.23. The third-order valence-electron chi connectivity index (χ3n) is 4.39. The quantitative estimate of drug-likeness (QED) is 0.914. The van der Waals surface area contributed by atoms with E-state index >= 15 is 0 Å². The van der Waals surface area contributed by atoms with Crippen molar-refractivity contribution >= 4 is 5.91 Å². The van der Waals surface area contributed by atoms with E-state index in [0.717, 1.165) is 44.0 Å². The molecule has 1 aliphatic heterocycles. The Morgan fingerprint density at radius 1 is 1.25 bits per heavy atom. The first-order valence-electron chi connectivity index (χ1n) is 7.58. The molecule has 1 N–H and O–H groups in total. The van der Waals surface area contributed by atoms with Gasteiger partial charge in [0.15, 0.2) is 0 Å². The van der Waals surface area contributed by atoms with Crippen LogP contribution in [0.25, 0.3) is 0 Å². The predicted octanol–water partition coefficient (Wildman–Crippen LogP) is 2.30. The lowest BCUT2D eigenvalue weighted by Crippen LogP contribution is -2.41. The summed E-state index contributed by atoms with van der Waals surface area (Å²) in [6, 6.07) is 6.33. The normalized spacial score (nSPS) is 16.4. The van der Waals surface area contributed by atoms with Gasteiger partial charge in [-0.05, 0) is 62.9 Å². The Hall–Kier alpha value is -1.35. The fourth-order valence-corrected chi connectivity index (χ4v) is 2.88. The Labute approximate surface area is 122 Å². The van der Waals surface area contributed by atoms with Gasteiger partial charge in [0.2, 0.25) is 5.91 Å². The van der Waals surface area contributed by atoms with E-state index in [-0.39, 0.29) is 5.91 Å². The number of nitrogens with one attached hydrogen (secondary N) is 1. The van der Waals surface area contributed by atoms with Crippen LogP contribution in [0.15, 0.2) is 18.2 Å². The molecule has 110 valence electrons. The molecule has 0 atom stereocenters. The van der Waals surface area contributed by atoms with Crippen LogP contribution in [0.2, 0.25) is 0 Å². The largest absolute Gasteiger partial charge is 0.342 e. The van der Waals surface area contributed by atoms with Crippen molar-refractivity contribution in [3.05, 3.63) is 34.9 Å². The monoisotopic (exact) mass is 274 g/mol. The maximum Gasteiger partial charge on any atom is 0.226 e. The van der Waals surface area contributed by atoms with Gasteiger partial charge in [0.25, 0.3) is 0 Å². The smallest absolute Gasteiger partial charge is 0.226 e. The summed E-state index contributed by atoms with van der Waals surface area (Å²) in [6.07, 6.45) is 2.79. The van der Waals surface area contributed by atoms with Crippen molar-refractivity contribution in [3.8, 4) is 0 Å². The average molecular weight is 274 g/mol. The molecule has 1 aromatic carbocycles. The number of aryl methyl sites for hydroxylation is 2. The van der Waals surface area contributed by atoms with E-state index in [9.17, 15) is 4.79 Å². The van der Waals surface area contributed by atoms with Crippen molar-refractivity contribution < 1.29 is 4.79 Å². The number of benzene rings is 1. The SMILES string of the molecule is CNCC1CCN(C(=O)Cc2ccc(C)c(C)c2)CC1. The highest BCUT2D eigenvalue weighted by atomic mass is 16.2. The molecular formula is C17H26N2O. The number of nitrogens with zero attached hydrogens (tertiary/aromatic N) is 1. The van der Waals surface area contributed by atoms with Crippen LogP contribution in [0.3, 0.4) is 0 Å². The zero-order valence-electron chi connectivity index (χ0n) is 12.9. The zero-order valence-corrected chi connectivity index (χ0v) is 12.9. The minimum atomic E-state index is 0.274. The Kier molecular flexibility index (Phi) is 5.18. The van der Waals surface area contributed by atoms with E-state index in [1.165, 1.54) is 11.1 Å². The second-order valence-electron chi connectivity index (χ2n) is 5.98. The topological polar surface area (TPSA) is 32.3 Å². The number of piperidine rings is 1. The molecular weight excluding hydrogens is 248 g/mol. The van der Waals surface area contributed by atoms with E-state index in [0.29, 0.717) is 6.42 Å². The third-order valence-corrected chi connectivity index (χ3v) is 4.39. The average Bonchev–Trinajstić information content (AvgIpc) is 2.44. The molecule has 20 heavy (non-hydrogen) atoms. The van der Waals surface area contributed by atoms with E-state index < -0.39 is 0 Å². The molecule has 1 heterocycles. The number of amides is 1. The summed E-state index contributed by atoms with van der Waals surface area (Å²) in [4.78, 5) is 14.4. The molecule has 1 fully saturated rings. The summed E-state index contributed by atoms with van der Waals surface area (Å²) >= 11 is 0. The second-order valence-corrected chi connectivity index (χ2v) is 5.98. The second kappa shape index (κ2) is 6.89. The minimum absolute atomic E-state index is 0.274. The zero-order chi connectivity index (χ0) is 14.5. The highest BCUT2D eigenvalue weighted by Crippen LogP contribution is 2.18. The molecule has 0 unspecified atom stereocenters. The van der Waals surface area contributed by atoms with Crippen LogP contribution in [-0.2, 0) is 11.2 Å². The molecule has 1 aliphatic rings. The lowest BCUT2D eigenvalue weighted by Gasteiger charge is -2.32. The first kappa shape index (κ1) is 15.0. The summed E-state index contributed by atoms with van der Waals surface area (Å²) in [6.45, 7) is 7.10. The van der Waals surface area contributed by atoms with E-state index in [4.69, 9.17) is 0 Å². The first-order chi connectivity index (χ1) is 9.60. The van der Waals surface area contributed by atoms with Crippen molar-refractivity contribution in [1.29, 1.82) is 0 Å². The molecule has 0 spiro atoms. The number of hydrogen-bond acceptors (Lipinski definition) is 2. The predicted molar refractivity (Wildman–Crippen MR) is 82.9 cm³/mol. The third kappa shape index (κ3) is 3.83. The number of rotatable bonds is 4. The van der Waals surface area contributed by atoms with Crippen molar-refractivity contribution in [3.63, 3.8) is 0 Å². The minimum Gasteiger partial charge on any atom is -0.342 e. The summed E-state index contributed by atoms with van der Waals surface area (Å²) in [5.41, 5.74) is 3.69. The summed E-state index contributed by atoms with van der Waals surface area (Å²) < 4.78 is 0. The fraction of sp³-hybridized carbons (Fsp3) is 0.588. The van der Waals surface area contributed by atoms with Gasteiger partial charge in [0.05, 0.1) is 6.42 Å². The number of hydrogen-bond donors (Lipinski definition) is 1. The standard InChI is InChI=1S/C17H26N2O/c1-13-4-5-16(10-14(13)2)11-17(20)19-8-6-15(7-9-19)12-18-3/h4-5,10,15,18H,6-9,11-12H2,1-3H3. The number of likely N-dealkylation sites (tertiary alicyclic amines) is 1. The fourth-order valence-electron chi connectivity index (χ4n) is 2.88. The van der Waals surface area contributed by atoms with Gasteiger partial charge in [-0.15, -0.1) is 0 Å². The molecule has 0 radical (unpaired) electrons. The molecule has 0 saturated carbocycles. The van der Waals surface area contributed by atoms with E-state index in [2.05, 4.69) is 37.4 Å². The van der Waals surface area contributed by atoms with Gasteiger partial charge < -0.3 is 10.2 Å². The van der Waals surface area contributed by atoms with Gasteiger partial charge in [0, 0.05) is 13.1 Å². The Balaban J connectivity index is 1.88. The van der Waals surface area contributed by atoms with Crippen LogP contribution in [0, 0.1) is 19.8 Å². The Morgan fingerprint density at radius 3 is 2.55 bits per heavy atom. The maximum absolute atomic E-state index is 12.3. The van der Waals surface area contributed by atoms with Gasteiger partial charge in [0.1, 0.15) is 0 Å². The van der Waals surface area contributed by atoms with Crippen LogP contribution in [0.1, 0.15) is 29.5 Å². The molecule has 0 aromatic heterocycles. The van der Waals surface area contributed by atoms with Gasteiger partial charge >= 0.3 is 0 Å². The number of carbonyl (C=O) groups excluding carboxylic acids is 1. The van der Waals surface area contributed by atoms with Crippen LogP contribution in [-0.4, -0.2) is 37.5 Å². The van der Waals surface area contributed by atoms with Gasteiger partial charge in [-0.25, -0.2) is 0 Å². The summed E-state index contributed by atoms with van der Waals surface area (Å²) in [7, 11) is 2.00. The van der Waals surface area contributed by atoms with Gasteiger partial charge in [-0.1, -0.05) is 18.2 Å². The Morgan fingerprint density at radius 2 is 1.95 bits per heavy atom. The molecule has 0 bridgehead atoms. The molecule has 3 heteroatoms. The van der Waals surface area contributed by atoms with Crippen LogP contribution in [0.5, 0.6) is 0 Å². The molecule has 1 aromatic rings. The van der Waals surface area contributed by atoms with Gasteiger partial charge in [-0.3, -0.25) is 4.79 Å². The lowest BCUT2D eigenvalue weighted by molar-refractivity contribution is -0.131. The van der Waals surface area contributed by atoms with Crippen LogP contribution < -0.4 is 5.32 Å². The van der Waals surface area contributed by atoms with Crippen LogP contribution in [0.4, 0.5) is 0 Å². The van der Waals surface area contributed by atoms with Crippen LogP contribution >= 0.6 is 0 Å². The highest BCUT2D eigenvalue weighted by Gasteiger charge is 2.22. The first-order valence-corrected chi connectivity index (χ1v) is 7.58. The Bertz CT molecular complexity index is 462. The molecule has 2 rings (SSSR count). The van der Waals surface area contributed by atoms with Gasteiger partial charge in [-0.2, -0.15) is 0 Å². The van der Waals surface area contributed by atoms with E-state index in [1.807, 2.05) is 11.9 Å². The van der Waals surface area contributed by atoms with Crippen molar-refractivity contribution in [1.82, 2.24) is 10.2 Å². The molecule has 3 nitrogen and oxygen atoms in total.